The van der Waals surface area contributed by atoms with Crippen LogP contribution in [0.3, 0.4) is 0 Å². The Morgan fingerprint density at radius 1 is 1.03 bits per heavy atom. The van der Waals surface area contributed by atoms with Crippen molar-refractivity contribution in [3.63, 3.8) is 0 Å². The third-order valence-electron chi connectivity index (χ3n) is 6.08. The molecule has 0 spiro atoms. The van der Waals surface area contributed by atoms with Gasteiger partial charge in [0.1, 0.15) is 6.10 Å². The Hall–Kier alpha value is -1.88. The lowest BCUT2D eigenvalue weighted by atomic mass is 9.78. The molecule has 0 aromatic rings. The van der Waals surface area contributed by atoms with Crippen molar-refractivity contribution >= 4 is 11.9 Å². The molecular formula is C27H44O5. The number of aliphatic hydroxyl groups excluding tert-OH is 1. The number of carbonyl (C=O) groups excluding carboxylic acids is 2. The highest BCUT2D eigenvalue weighted by Gasteiger charge is 2.30. The van der Waals surface area contributed by atoms with Gasteiger partial charge in [0.2, 0.25) is 0 Å². The van der Waals surface area contributed by atoms with Gasteiger partial charge < -0.3 is 14.6 Å². The first-order valence-corrected chi connectivity index (χ1v) is 12.4. The Kier molecular flexibility index (Phi) is 15.5. The first kappa shape index (κ1) is 28.2. The number of esters is 2. The molecule has 0 heterocycles. The molecule has 32 heavy (non-hydrogen) atoms. The van der Waals surface area contributed by atoms with E-state index >= 15 is 0 Å². The van der Waals surface area contributed by atoms with Gasteiger partial charge in [0.05, 0.1) is 13.2 Å². The fourth-order valence-electron chi connectivity index (χ4n) is 4.26. The van der Waals surface area contributed by atoms with Gasteiger partial charge in [-0.15, -0.1) is 0 Å². The van der Waals surface area contributed by atoms with Crippen LogP contribution in [0, 0.1) is 11.8 Å². The molecule has 5 heteroatoms. The number of rotatable bonds is 16. The first-order chi connectivity index (χ1) is 15.5. The van der Waals surface area contributed by atoms with Crippen LogP contribution in [-0.4, -0.2) is 36.4 Å². The minimum Gasteiger partial charge on any atom is -0.469 e. The SMILES string of the molecule is CCCCCCCCC(O)/C=C/C=C/[C@@H]1CC=CC[C@@H]1C(CCCC(=O)OC)OC(C)=O. The summed E-state index contributed by atoms with van der Waals surface area (Å²) in [7, 11) is 1.39. The molecule has 0 saturated carbocycles. The largest absolute Gasteiger partial charge is 0.469 e. The van der Waals surface area contributed by atoms with Crippen molar-refractivity contribution in [3.05, 3.63) is 36.5 Å². The van der Waals surface area contributed by atoms with Crippen LogP contribution in [0.25, 0.3) is 0 Å². The summed E-state index contributed by atoms with van der Waals surface area (Å²) in [6.07, 6.45) is 23.1. The van der Waals surface area contributed by atoms with Gasteiger partial charge in [0, 0.05) is 19.3 Å². The molecule has 0 aromatic heterocycles. The van der Waals surface area contributed by atoms with Crippen molar-refractivity contribution < 1.29 is 24.2 Å². The summed E-state index contributed by atoms with van der Waals surface area (Å²) >= 11 is 0. The first-order valence-electron chi connectivity index (χ1n) is 12.4. The van der Waals surface area contributed by atoms with Crippen LogP contribution >= 0.6 is 0 Å². The summed E-state index contributed by atoms with van der Waals surface area (Å²) in [5.41, 5.74) is 0. The Balaban J connectivity index is 2.55. The van der Waals surface area contributed by atoms with E-state index in [1.54, 1.807) is 0 Å². The average molecular weight is 449 g/mol. The summed E-state index contributed by atoms with van der Waals surface area (Å²) < 4.78 is 10.4. The fourth-order valence-corrected chi connectivity index (χ4v) is 4.26. The molecule has 4 atom stereocenters. The van der Waals surface area contributed by atoms with Gasteiger partial charge >= 0.3 is 11.9 Å². The molecule has 0 bridgehead atoms. The molecule has 0 radical (unpaired) electrons. The zero-order valence-electron chi connectivity index (χ0n) is 20.3. The van der Waals surface area contributed by atoms with E-state index in [4.69, 9.17) is 9.47 Å². The van der Waals surface area contributed by atoms with E-state index < -0.39 is 6.10 Å². The molecule has 0 aliphatic heterocycles. The number of unbranched alkanes of at least 4 members (excludes halogenated alkanes) is 5. The van der Waals surface area contributed by atoms with Crippen molar-refractivity contribution in [2.24, 2.45) is 11.8 Å². The van der Waals surface area contributed by atoms with Crippen LogP contribution in [0.5, 0.6) is 0 Å². The second-order valence-corrected chi connectivity index (χ2v) is 8.78. The normalized spacial score (nSPS) is 20.5. The van der Waals surface area contributed by atoms with E-state index in [9.17, 15) is 14.7 Å². The highest BCUT2D eigenvalue weighted by molar-refractivity contribution is 5.69. The maximum Gasteiger partial charge on any atom is 0.305 e. The van der Waals surface area contributed by atoms with Gasteiger partial charge in [-0.3, -0.25) is 9.59 Å². The van der Waals surface area contributed by atoms with Gasteiger partial charge in [-0.05, 0) is 38.0 Å². The molecule has 1 rings (SSSR count). The summed E-state index contributed by atoms with van der Waals surface area (Å²) in [4.78, 5) is 23.1. The highest BCUT2D eigenvalue weighted by Crippen LogP contribution is 2.33. The zero-order valence-corrected chi connectivity index (χ0v) is 20.3. The number of allylic oxidation sites excluding steroid dienone is 5. The van der Waals surface area contributed by atoms with Crippen molar-refractivity contribution in [3.8, 4) is 0 Å². The van der Waals surface area contributed by atoms with E-state index in [2.05, 4.69) is 25.2 Å². The van der Waals surface area contributed by atoms with Crippen molar-refractivity contribution in [2.75, 3.05) is 7.11 Å². The maximum absolute atomic E-state index is 11.7. The van der Waals surface area contributed by atoms with Crippen LogP contribution in [0.1, 0.15) is 90.9 Å². The second kappa shape index (κ2) is 17.6. The Morgan fingerprint density at radius 2 is 1.75 bits per heavy atom. The summed E-state index contributed by atoms with van der Waals surface area (Å²) in [5, 5.41) is 10.2. The molecule has 0 saturated heterocycles. The number of hydrogen-bond acceptors (Lipinski definition) is 5. The lowest BCUT2D eigenvalue weighted by Gasteiger charge is -2.33. The third-order valence-corrected chi connectivity index (χ3v) is 6.08. The summed E-state index contributed by atoms with van der Waals surface area (Å²) in [5.74, 6) is -0.0960. The van der Waals surface area contributed by atoms with E-state index in [1.807, 2.05) is 18.2 Å². The molecule has 1 aliphatic carbocycles. The molecule has 182 valence electrons. The Morgan fingerprint density at radius 3 is 2.47 bits per heavy atom. The van der Waals surface area contributed by atoms with Gasteiger partial charge in [0.15, 0.2) is 0 Å². The minimum atomic E-state index is -0.403. The lowest BCUT2D eigenvalue weighted by Crippen LogP contribution is -2.32. The number of aliphatic hydroxyl groups is 1. The Labute approximate surface area is 194 Å². The fraction of sp³-hybridized carbons (Fsp3) is 0.704. The molecule has 1 aliphatic rings. The van der Waals surface area contributed by atoms with Crippen molar-refractivity contribution in [1.82, 2.24) is 0 Å². The van der Waals surface area contributed by atoms with Crippen LogP contribution in [0.15, 0.2) is 36.5 Å². The standard InChI is InChI=1S/C27H44O5/c1-4-5-6-7-8-9-17-24(29)18-12-10-15-23-16-11-13-19-25(23)26(32-22(2)28)20-14-21-27(30)31-3/h10-13,15,18,23-26,29H,4-9,14,16-17,19-21H2,1-3H3/b15-10+,18-12+/t23-,24?,25+,26?/m1/s1. The summed E-state index contributed by atoms with van der Waals surface area (Å²) in [6.45, 7) is 3.65. The second-order valence-electron chi connectivity index (χ2n) is 8.78. The lowest BCUT2D eigenvalue weighted by molar-refractivity contribution is -0.150. The van der Waals surface area contributed by atoms with E-state index in [0.717, 1.165) is 25.7 Å². The van der Waals surface area contributed by atoms with Gasteiger partial charge in [0.25, 0.3) is 0 Å². The molecular weight excluding hydrogens is 404 g/mol. The summed E-state index contributed by atoms with van der Waals surface area (Å²) in [6, 6.07) is 0. The van der Waals surface area contributed by atoms with Gasteiger partial charge in [-0.2, -0.15) is 0 Å². The predicted octanol–water partition coefficient (Wildman–Crippen LogP) is 6.07. The molecule has 2 unspecified atom stereocenters. The third kappa shape index (κ3) is 12.8. The van der Waals surface area contributed by atoms with Gasteiger partial charge in [-0.25, -0.2) is 0 Å². The smallest absolute Gasteiger partial charge is 0.305 e. The number of hydrogen-bond donors (Lipinski definition) is 1. The number of ether oxygens (including phenoxy) is 2. The van der Waals surface area contributed by atoms with Crippen LogP contribution in [0.4, 0.5) is 0 Å². The quantitative estimate of drug-likeness (QED) is 0.134. The topological polar surface area (TPSA) is 72.8 Å². The highest BCUT2D eigenvalue weighted by atomic mass is 16.5. The maximum atomic E-state index is 11.7. The molecule has 5 nitrogen and oxygen atoms in total. The van der Waals surface area contributed by atoms with Crippen LogP contribution < -0.4 is 0 Å². The monoisotopic (exact) mass is 448 g/mol. The molecule has 0 fully saturated rings. The van der Waals surface area contributed by atoms with E-state index in [0.29, 0.717) is 19.3 Å². The van der Waals surface area contributed by atoms with Crippen LogP contribution in [-0.2, 0) is 19.1 Å². The van der Waals surface area contributed by atoms with Gasteiger partial charge in [-0.1, -0.05) is 81.9 Å². The van der Waals surface area contributed by atoms with Crippen molar-refractivity contribution in [1.29, 1.82) is 0 Å². The number of methoxy groups -OCH3 is 1. The zero-order chi connectivity index (χ0) is 23.6. The van der Waals surface area contributed by atoms with E-state index in [-0.39, 0.29) is 29.9 Å². The van der Waals surface area contributed by atoms with Crippen molar-refractivity contribution in [2.45, 2.75) is 103 Å². The Bertz CT molecular complexity index is 607. The van der Waals surface area contributed by atoms with Crippen LogP contribution in [0.2, 0.25) is 0 Å². The predicted molar refractivity (Wildman–Crippen MR) is 129 cm³/mol. The number of carbonyl (C=O) groups is 2. The molecule has 0 amide bonds. The van der Waals surface area contributed by atoms with E-state index in [1.165, 1.54) is 46.1 Å². The molecule has 1 N–H and O–H groups in total. The average Bonchev–Trinajstić information content (AvgIpc) is 2.78. The molecule has 0 aromatic carbocycles. The minimum absolute atomic E-state index is 0.180.